The topological polar surface area (TPSA) is 0 Å². The van der Waals surface area contributed by atoms with Gasteiger partial charge in [0.1, 0.15) is 0 Å². The van der Waals surface area contributed by atoms with Crippen LogP contribution in [-0.4, -0.2) is 18.4 Å². The first-order valence-corrected chi connectivity index (χ1v) is 14.4. The molecule has 0 amide bonds. The molecule has 4 aromatic carbocycles. The average Bonchev–Trinajstić information content (AvgIpc) is 2.72. The third-order valence-corrected chi connectivity index (χ3v) is 18.5. The standard InChI is InChI=1S/4C6H5.Sn.Zn/c4*1-2-4-6-5-3-1;;/h4*1-5H;;. The Hall–Kier alpha value is -1.70. The van der Waals surface area contributed by atoms with Crippen molar-refractivity contribution in [1.82, 2.24) is 0 Å². The molecule has 0 aliphatic carbocycles. The molecule has 0 atom stereocenters. The van der Waals surface area contributed by atoms with Crippen molar-refractivity contribution in [1.29, 1.82) is 0 Å². The molecule has 0 aliphatic heterocycles. The molecule has 0 N–H and O–H groups in total. The SMILES string of the molecule is [Zn].c1cc[c]([Sn]([c]2ccccc2)([c]2ccccc2)[c]2ccccc2)cc1. The van der Waals surface area contributed by atoms with Crippen LogP contribution in [0.5, 0.6) is 0 Å². The molecular weight excluding hydrogens is 472 g/mol. The zero-order valence-electron chi connectivity index (χ0n) is 14.8. The minimum absolute atomic E-state index is 0. The van der Waals surface area contributed by atoms with Gasteiger partial charge in [-0.3, -0.25) is 0 Å². The van der Waals surface area contributed by atoms with Crippen LogP contribution in [-0.2, 0) is 19.5 Å². The molecular formula is C24H20SnZn. The van der Waals surface area contributed by atoms with Crippen LogP contribution in [0.25, 0.3) is 0 Å². The van der Waals surface area contributed by atoms with Crippen molar-refractivity contribution in [3.05, 3.63) is 121 Å². The van der Waals surface area contributed by atoms with E-state index in [0.29, 0.717) is 0 Å². The Morgan fingerprint density at radius 1 is 0.308 bits per heavy atom. The second kappa shape index (κ2) is 8.79. The summed E-state index contributed by atoms with van der Waals surface area (Å²) in [5.41, 5.74) is 0. The van der Waals surface area contributed by atoms with Gasteiger partial charge in [0.05, 0.1) is 0 Å². The molecule has 0 nitrogen and oxygen atoms in total. The molecule has 0 fully saturated rings. The van der Waals surface area contributed by atoms with E-state index in [0.717, 1.165) is 0 Å². The molecule has 0 aromatic heterocycles. The summed E-state index contributed by atoms with van der Waals surface area (Å²) in [6.45, 7) is 0. The van der Waals surface area contributed by atoms with E-state index in [1.54, 1.807) is 0 Å². The fourth-order valence-corrected chi connectivity index (χ4v) is 17.4. The summed E-state index contributed by atoms with van der Waals surface area (Å²) in [6.07, 6.45) is 0. The molecule has 26 heavy (non-hydrogen) atoms. The van der Waals surface area contributed by atoms with Crippen molar-refractivity contribution in [2.75, 3.05) is 0 Å². The number of benzene rings is 4. The van der Waals surface area contributed by atoms with Crippen LogP contribution in [0.4, 0.5) is 0 Å². The van der Waals surface area contributed by atoms with Gasteiger partial charge in [0.2, 0.25) is 0 Å². The van der Waals surface area contributed by atoms with E-state index >= 15 is 0 Å². The molecule has 4 rings (SSSR count). The Bertz CT molecular complexity index is 759. The van der Waals surface area contributed by atoms with Crippen molar-refractivity contribution in [3.63, 3.8) is 0 Å². The predicted molar refractivity (Wildman–Crippen MR) is 110 cm³/mol. The molecule has 0 aliphatic rings. The van der Waals surface area contributed by atoms with Gasteiger partial charge >= 0.3 is 154 Å². The first kappa shape index (κ1) is 19.1. The first-order chi connectivity index (χ1) is 12.4. The normalized spacial score (nSPS) is 10.8. The summed E-state index contributed by atoms with van der Waals surface area (Å²) in [5.74, 6) is 0. The number of hydrogen-bond acceptors (Lipinski definition) is 0. The average molecular weight is 493 g/mol. The van der Waals surface area contributed by atoms with Gasteiger partial charge in [0.25, 0.3) is 0 Å². The Labute approximate surface area is 172 Å². The summed E-state index contributed by atoms with van der Waals surface area (Å²) < 4.78 is 5.95. The quantitative estimate of drug-likeness (QED) is 0.385. The Balaban J connectivity index is 0.00000196. The van der Waals surface area contributed by atoms with Crippen molar-refractivity contribution in [2.24, 2.45) is 0 Å². The fourth-order valence-electron chi connectivity index (χ4n) is 3.75. The second-order valence-corrected chi connectivity index (χ2v) is 17.1. The number of rotatable bonds is 4. The Morgan fingerprint density at radius 3 is 0.692 bits per heavy atom. The minimum atomic E-state index is -3.31. The molecule has 0 saturated carbocycles. The maximum atomic E-state index is 2.32. The summed E-state index contributed by atoms with van der Waals surface area (Å²) in [4.78, 5) is 0. The van der Waals surface area contributed by atoms with Crippen LogP contribution in [0.3, 0.4) is 0 Å². The molecule has 0 radical (unpaired) electrons. The van der Waals surface area contributed by atoms with Crippen LogP contribution in [0.2, 0.25) is 0 Å². The van der Waals surface area contributed by atoms with Crippen LogP contribution in [0.15, 0.2) is 121 Å². The van der Waals surface area contributed by atoms with Gasteiger partial charge in [-0.1, -0.05) is 0 Å². The van der Waals surface area contributed by atoms with E-state index in [-0.39, 0.29) is 19.5 Å². The number of hydrogen-bond donors (Lipinski definition) is 0. The van der Waals surface area contributed by atoms with E-state index < -0.39 is 18.4 Å². The van der Waals surface area contributed by atoms with Gasteiger partial charge < -0.3 is 0 Å². The van der Waals surface area contributed by atoms with E-state index in [1.807, 2.05) is 0 Å². The van der Waals surface area contributed by atoms with Crippen LogP contribution in [0.1, 0.15) is 0 Å². The predicted octanol–water partition coefficient (Wildman–Crippen LogP) is 3.06. The van der Waals surface area contributed by atoms with Crippen LogP contribution in [0, 0.1) is 0 Å². The van der Waals surface area contributed by atoms with Crippen molar-refractivity contribution in [3.8, 4) is 0 Å². The zero-order chi connectivity index (χ0) is 17.0. The molecule has 0 spiro atoms. The van der Waals surface area contributed by atoms with Gasteiger partial charge in [-0.15, -0.1) is 0 Å². The van der Waals surface area contributed by atoms with Gasteiger partial charge in [-0.2, -0.15) is 0 Å². The van der Waals surface area contributed by atoms with Crippen molar-refractivity contribution >= 4 is 32.7 Å². The second-order valence-electron chi connectivity index (χ2n) is 6.21. The summed E-state index contributed by atoms with van der Waals surface area (Å²) in [6, 6.07) is 44.4. The van der Waals surface area contributed by atoms with Crippen LogP contribution >= 0.6 is 0 Å². The van der Waals surface area contributed by atoms with Gasteiger partial charge in [-0.25, -0.2) is 0 Å². The molecule has 4 aromatic rings. The molecule has 0 unspecified atom stereocenters. The fraction of sp³-hybridized carbons (Fsp3) is 0. The third-order valence-electron chi connectivity index (χ3n) is 4.83. The zero-order valence-corrected chi connectivity index (χ0v) is 20.6. The van der Waals surface area contributed by atoms with Gasteiger partial charge in [0.15, 0.2) is 0 Å². The van der Waals surface area contributed by atoms with Crippen LogP contribution < -0.4 is 14.3 Å². The summed E-state index contributed by atoms with van der Waals surface area (Å²) in [7, 11) is 0. The van der Waals surface area contributed by atoms with Crippen molar-refractivity contribution < 1.29 is 19.5 Å². The molecule has 0 saturated heterocycles. The van der Waals surface area contributed by atoms with E-state index in [9.17, 15) is 0 Å². The summed E-state index contributed by atoms with van der Waals surface area (Å²) >= 11 is -3.31. The molecule has 2 heteroatoms. The Kier molecular flexibility index (Phi) is 6.45. The van der Waals surface area contributed by atoms with E-state index in [2.05, 4.69) is 121 Å². The van der Waals surface area contributed by atoms with Gasteiger partial charge in [0, 0.05) is 19.5 Å². The molecule has 0 bridgehead atoms. The maximum absolute atomic E-state index is 3.31. The molecule has 0 heterocycles. The van der Waals surface area contributed by atoms with E-state index in [4.69, 9.17) is 0 Å². The van der Waals surface area contributed by atoms with E-state index in [1.165, 1.54) is 14.3 Å². The monoisotopic (exact) mass is 492 g/mol. The van der Waals surface area contributed by atoms with Gasteiger partial charge in [-0.05, 0) is 0 Å². The summed E-state index contributed by atoms with van der Waals surface area (Å²) in [5, 5.41) is 0. The van der Waals surface area contributed by atoms with Crippen molar-refractivity contribution in [2.45, 2.75) is 0 Å². The molecule has 122 valence electrons. The third kappa shape index (κ3) is 3.43. The Morgan fingerprint density at radius 2 is 0.500 bits per heavy atom. The first-order valence-electron chi connectivity index (χ1n) is 8.64.